The summed E-state index contributed by atoms with van der Waals surface area (Å²) in [7, 11) is 0. The molecule has 2 aromatic carbocycles. The summed E-state index contributed by atoms with van der Waals surface area (Å²) in [5.41, 5.74) is 3.64. The molecule has 236 valence electrons. The number of hydrogen-bond donors (Lipinski definition) is 1. The molecule has 1 aliphatic carbocycles. The van der Waals surface area contributed by atoms with Gasteiger partial charge in [-0.2, -0.15) is 0 Å². The van der Waals surface area contributed by atoms with Crippen molar-refractivity contribution in [3.8, 4) is 0 Å². The monoisotopic (exact) mass is 601 g/mol. The number of piperidine rings is 1. The van der Waals surface area contributed by atoms with E-state index in [4.69, 9.17) is 4.74 Å². The minimum absolute atomic E-state index is 0.0152. The van der Waals surface area contributed by atoms with Crippen LogP contribution < -0.4 is 5.32 Å². The van der Waals surface area contributed by atoms with Crippen LogP contribution in [0.5, 0.6) is 0 Å². The summed E-state index contributed by atoms with van der Waals surface area (Å²) in [5, 5.41) is 3.59. The lowest BCUT2D eigenvalue weighted by Crippen LogP contribution is -2.46. The van der Waals surface area contributed by atoms with Crippen LogP contribution in [0.15, 0.2) is 66.3 Å². The van der Waals surface area contributed by atoms with Crippen molar-refractivity contribution in [3.63, 3.8) is 0 Å². The number of carbonyl (C=O) groups is 2. The molecule has 7 heteroatoms. The Balaban J connectivity index is 1.34. The minimum atomic E-state index is -0.500. The van der Waals surface area contributed by atoms with Crippen molar-refractivity contribution in [1.29, 1.82) is 0 Å². The number of nitrogens with zero attached hydrogens (tertiary/aromatic N) is 2. The quantitative estimate of drug-likeness (QED) is 0.256. The lowest BCUT2D eigenvalue weighted by atomic mass is 9.76. The molecule has 3 atom stereocenters. The van der Waals surface area contributed by atoms with Crippen molar-refractivity contribution in [2.45, 2.75) is 78.3 Å². The van der Waals surface area contributed by atoms with Crippen molar-refractivity contribution in [2.75, 3.05) is 33.0 Å². The third-order valence-electron chi connectivity index (χ3n) is 9.54. The standard InChI is InChI=1S/C37H48FN3O3/c1-26-11-8-14-31(38)32(26)35(43)41-22-10-12-29(24-44-25-39-37(5)19-9-13-30(23-37)36(2,3)4)33(41)27-15-17-28(18-16-27)34(42)40-20-6-7-21-40/h8-9,11,13-19,29,33,39H,6-7,10,12,20-25H2,1-5H3/t29?,33-,37?/m0/s1. The summed E-state index contributed by atoms with van der Waals surface area (Å²) in [5.74, 6) is -0.734. The lowest BCUT2D eigenvalue weighted by Gasteiger charge is -2.42. The number of amides is 2. The van der Waals surface area contributed by atoms with Gasteiger partial charge in [0.15, 0.2) is 0 Å². The summed E-state index contributed by atoms with van der Waals surface area (Å²) in [4.78, 5) is 30.7. The van der Waals surface area contributed by atoms with Gasteiger partial charge in [0.25, 0.3) is 11.8 Å². The van der Waals surface area contributed by atoms with Crippen molar-refractivity contribution in [3.05, 3.63) is 94.3 Å². The van der Waals surface area contributed by atoms with Gasteiger partial charge in [0.05, 0.1) is 24.9 Å². The molecule has 2 aromatic rings. The minimum Gasteiger partial charge on any atom is -0.366 e. The molecule has 2 amide bonds. The first kappa shape index (κ1) is 32.1. The van der Waals surface area contributed by atoms with Gasteiger partial charge in [-0.25, -0.2) is 4.39 Å². The molecule has 2 unspecified atom stereocenters. The van der Waals surface area contributed by atoms with Crippen LogP contribution in [-0.4, -0.2) is 60.1 Å². The van der Waals surface area contributed by atoms with E-state index in [0.717, 1.165) is 50.8 Å². The number of ether oxygens (including phenoxy) is 1. The number of nitrogens with one attached hydrogen (secondary N) is 1. The van der Waals surface area contributed by atoms with E-state index in [0.29, 0.717) is 31.0 Å². The Morgan fingerprint density at radius 3 is 2.43 bits per heavy atom. The maximum absolute atomic E-state index is 15.0. The van der Waals surface area contributed by atoms with Crippen LogP contribution in [-0.2, 0) is 4.74 Å². The Kier molecular flexibility index (Phi) is 9.76. The van der Waals surface area contributed by atoms with E-state index in [-0.39, 0.29) is 40.3 Å². The molecular weight excluding hydrogens is 553 g/mol. The van der Waals surface area contributed by atoms with Gasteiger partial charge in [0, 0.05) is 36.7 Å². The van der Waals surface area contributed by atoms with Crippen LogP contribution in [0.2, 0.25) is 0 Å². The molecule has 5 rings (SSSR count). The molecule has 2 saturated heterocycles. The molecule has 44 heavy (non-hydrogen) atoms. The van der Waals surface area contributed by atoms with E-state index in [2.05, 4.69) is 51.2 Å². The maximum atomic E-state index is 15.0. The van der Waals surface area contributed by atoms with Crippen LogP contribution in [0, 0.1) is 24.1 Å². The van der Waals surface area contributed by atoms with Gasteiger partial charge in [-0.1, -0.05) is 68.8 Å². The van der Waals surface area contributed by atoms with Crippen LogP contribution in [0.1, 0.15) is 97.7 Å². The number of rotatable bonds is 8. The molecule has 2 aliphatic heterocycles. The Bertz CT molecular complexity index is 1380. The Morgan fingerprint density at radius 2 is 1.75 bits per heavy atom. The Hall–Kier alpha value is -3.29. The first-order valence-electron chi connectivity index (χ1n) is 16.1. The van der Waals surface area contributed by atoms with Crippen molar-refractivity contribution < 1.29 is 18.7 Å². The predicted molar refractivity (Wildman–Crippen MR) is 173 cm³/mol. The third kappa shape index (κ3) is 7.16. The number of halogens is 1. The average molecular weight is 602 g/mol. The molecule has 0 bridgehead atoms. The third-order valence-corrected chi connectivity index (χ3v) is 9.54. The highest BCUT2D eigenvalue weighted by molar-refractivity contribution is 5.96. The van der Waals surface area contributed by atoms with E-state index >= 15 is 4.39 Å². The molecule has 0 saturated carbocycles. The number of allylic oxidation sites excluding steroid dienone is 2. The second-order valence-corrected chi connectivity index (χ2v) is 14.0. The van der Waals surface area contributed by atoms with Gasteiger partial charge >= 0.3 is 0 Å². The zero-order chi connectivity index (χ0) is 31.5. The first-order valence-corrected chi connectivity index (χ1v) is 16.1. The fourth-order valence-electron chi connectivity index (χ4n) is 6.85. The van der Waals surface area contributed by atoms with E-state index in [1.165, 1.54) is 11.6 Å². The molecule has 1 N–H and O–H groups in total. The predicted octanol–water partition coefficient (Wildman–Crippen LogP) is 7.22. The summed E-state index contributed by atoms with van der Waals surface area (Å²) >= 11 is 0. The number of carbonyl (C=O) groups excluding carboxylic acids is 2. The number of benzene rings is 2. The highest BCUT2D eigenvalue weighted by Gasteiger charge is 2.38. The molecule has 2 fully saturated rings. The highest BCUT2D eigenvalue weighted by atomic mass is 19.1. The topological polar surface area (TPSA) is 61.9 Å². The van der Waals surface area contributed by atoms with Crippen molar-refractivity contribution in [2.24, 2.45) is 11.3 Å². The van der Waals surface area contributed by atoms with E-state index in [1.807, 2.05) is 34.1 Å². The first-order chi connectivity index (χ1) is 21.0. The zero-order valence-electron chi connectivity index (χ0n) is 27.0. The molecule has 6 nitrogen and oxygen atoms in total. The summed E-state index contributed by atoms with van der Waals surface area (Å²) < 4.78 is 21.3. The van der Waals surface area contributed by atoms with Gasteiger partial charge in [-0.3, -0.25) is 14.9 Å². The molecule has 0 radical (unpaired) electrons. The van der Waals surface area contributed by atoms with Gasteiger partial charge in [-0.05, 0) is 80.7 Å². The fraction of sp³-hybridized carbons (Fsp3) is 0.514. The number of hydrogen-bond acceptors (Lipinski definition) is 4. The maximum Gasteiger partial charge on any atom is 0.257 e. The van der Waals surface area contributed by atoms with Crippen LogP contribution >= 0.6 is 0 Å². The van der Waals surface area contributed by atoms with Gasteiger partial charge in [0.2, 0.25) is 0 Å². The number of likely N-dealkylation sites (tertiary alicyclic amines) is 2. The van der Waals surface area contributed by atoms with Gasteiger partial charge in [-0.15, -0.1) is 0 Å². The van der Waals surface area contributed by atoms with E-state index < -0.39 is 5.82 Å². The van der Waals surface area contributed by atoms with Crippen LogP contribution in [0.4, 0.5) is 4.39 Å². The number of aryl methyl sites for hydroxylation is 1. The van der Waals surface area contributed by atoms with Crippen molar-refractivity contribution in [1.82, 2.24) is 15.1 Å². The molecule has 3 aliphatic rings. The van der Waals surface area contributed by atoms with E-state index in [9.17, 15) is 9.59 Å². The van der Waals surface area contributed by atoms with Crippen LogP contribution in [0.25, 0.3) is 0 Å². The lowest BCUT2D eigenvalue weighted by molar-refractivity contribution is 0.00999. The largest absolute Gasteiger partial charge is 0.366 e. The zero-order valence-corrected chi connectivity index (χ0v) is 27.0. The Morgan fingerprint density at radius 1 is 1.02 bits per heavy atom. The molecule has 0 spiro atoms. The van der Waals surface area contributed by atoms with Crippen molar-refractivity contribution >= 4 is 11.8 Å². The fourth-order valence-corrected chi connectivity index (χ4v) is 6.85. The van der Waals surface area contributed by atoms with Gasteiger partial charge in [0.1, 0.15) is 5.82 Å². The smallest absolute Gasteiger partial charge is 0.257 e. The molecule has 0 aromatic heterocycles. The Labute approximate surface area is 262 Å². The second-order valence-electron chi connectivity index (χ2n) is 14.0. The van der Waals surface area contributed by atoms with Crippen LogP contribution in [0.3, 0.4) is 0 Å². The molecule has 2 heterocycles. The summed E-state index contributed by atoms with van der Waals surface area (Å²) in [6.45, 7) is 13.6. The van der Waals surface area contributed by atoms with E-state index in [1.54, 1.807) is 19.1 Å². The van der Waals surface area contributed by atoms with Gasteiger partial charge < -0.3 is 14.5 Å². The second kappa shape index (κ2) is 13.4. The molecular formula is C37H48FN3O3. The normalized spacial score (nSPS) is 24.0. The summed E-state index contributed by atoms with van der Waals surface area (Å²) in [6.07, 6.45) is 11.2. The highest BCUT2D eigenvalue weighted by Crippen LogP contribution is 2.39. The average Bonchev–Trinajstić information content (AvgIpc) is 3.54. The SMILES string of the molecule is Cc1cccc(F)c1C(=O)N1CCCC(COCNC2(C)C=CC=C(C(C)(C)C)C2)[C@@H]1c1ccc(C(=O)N2CCCC2)cc1. The summed E-state index contributed by atoms with van der Waals surface area (Å²) in [6, 6.07) is 12.1.